The molecule has 0 unspecified atom stereocenters. The number of aromatic amines is 1. The molecule has 3 rings (SSSR count). The number of nitrogens with zero attached hydrogens (tertiary/aromatic N) is 2. The molecule has 3 nitrogen and oxygen atoms in total. The van der Waals surface area contributed by atoms with Crippen LogP contribution in [0.1, 0.15) is 5.56 Å². The molecule has 4 heteroatoms. The second-order valence-corrected chi connectivity index (χ2v) is 4.81. The van der Waals surface area contributed by atoms with E-state index < -0.39 is 0 Å². The number of rotatable bonds is 2. The van der Waals surface area contributed by atoms with Crippen molar-refractivity contribution < 1.29 is 0 Å². The van der Waals surface area contributed by atoms with E-state index in [0.717, 1.165) is 21.8 Å². The van der Waals surface area contributed by atoms with Gasteiger partial charge in [-0.25, -0.2) is 0 Å². The van der Waals surface area contributed by atoms with Crippen LogP contribution in [0.25, 0.3) is 21.8 Å². The highest BCUT2D eigenvalue weighted by Gasteiger charge is 2.12. The van der Waals surface area contributed by atoms with Crippen LogP contribution in [0, 0.1) is 6.92 Å². The topological polar surface area (TPSA) is 41.6 Å². The van der Waals surface area contributed by atoms with Crippen molar-refractivity contribution in [3.63, 3.8) is 0 Å². The van der Waals surface area contributed by atoms with Gasteiger partial charge >= 0.3 is 0 Å². The zero-order valence-electron chi connectivity index (χ0n) is 9.34. The van der Waals surface area contributed by atoms with Gasteiger partial charge in [0.15, 0.2) is 0 Å². The molecule has 1 N–H and O–H groups in total. The summed E-state index contributed by atoms with van der Waals surface area (Å²) in [5.74, 6) is 0. The maximum atomic E-state index is 4.24. The van der Waals surface area contributed by atoms with E-state index in [0.29, 0.717) is 0 Å². The molecule has 3 aromatic rings. The van der Waals surface area contributed by atoms with E-state index in [1.54, 1.807) is 11.3 Å². The lowest BCUT2D eigenvalue weighted by Crippen LogP contribution is -1.82. The van der Waals surface area contributed by atoms with Crippen LogP contribution in [0.4, 0.5) is 0 Å². The minimum Gasteiger partial charge on any atom is -0.197 e. The Morgan fingerprint density at radius 2 is 1.76 bits per heavy atom. The lowest BCUT2D eigenvalue weighted by Gasteiger charge is -1.99. The van der Waals surface area contributed by atoms with Gasteiger partial charge in [-0.15, -0.1) is 11.3 Å². The molecule has 0 saturated heterocycles. The average molecular weight is 241 g/mol. The van der Waals surface area contributed by atoms with Crippen molar-refractivity contribution in [3.05, 3.63) is 47.3 Å². The van der Waals surface area contributed by atoms with E-state index in [1.165, 1.54) is 5.56 Å². The molecule has 17 heavy (non-hydrogen) atoms. The molecular weight excluding hydrogens is 230 g/mol. The first-order valence-corrected chi connectivity index (χ1v) is 6.24. The smallest absolute Gasteiger partial charge is 0.130 e. The molecule has 84 valence electrons. The van der Waals surface area contributed by atoms with Gasteiger partial charge in [-0.1, -0.05) is 35.9 Å². The van der Waals surface area contributed by atoms with Crippen molar-refractivity contribution >= 4 is 11.3 Å². The Labute approximate surface area is 103 Å². The van der Waals surface area contributed by atoms with E-state index >= 15 is 0 Å². The fourth-order valence-corrected chi connectivity index (χ4v) is 2.44. The number of nitrogens with one attached hydrogen (secondary N) is 1. The summed E-state index contributed by atoms with van der Waals surface area (Å²) in [5, 5.41) is 13.2. The SMILES string of the molecule is Cc1ccc(-c2n[nH]nc2-c2cccs2)cc1. The van der Waals surface area contributed by atoms with Gasteiger partial charge in [0, 0.05) is 5.56 Å². The predicted molar refractivity (Wildman–Crippen MR) is 69.9 cm³/mol. The first kappa shape index (κ1) is 10.2. The van der Waals surface area contributed by atoms with E-state index in [9.17, 15) is 0 Å². The lowest BCUT2D eigenvalue weighted by molar-refractivity contribution is 0.945. The normalized spacial score (nSPS) is 10.6. The second-order valence-electron chi connectivity index (χ2n) is 3.86. The molecule has 0 bridgehead atoms. The first-order valence-electron chi connectivity index (χ1n) is 5.36. The standard InChI is InChI=1S/C13H11N3S/c1-9-4-6-10(7-5-9)12-13(15-16-14-12)11-3-2-8-17-11/h2-8H,1H3,(H,14,15,16). The average Bonchev–Trinajstić information content (AvgIpc) is 3.00. The third-order valence-corrected chi connectivity index (χ3v) is 3.50. The van der Waals surface area contributed by atoms with Crippen molar-refractivity contribution in [2.24, 2.45) is 0 Å². The highest BCUT2D eigenvalue weighted by Crippen LogP contribution is 2.30. The van der Waals surface area contributed by atoms with Crippen molar-refractivity contribution in [1.82, 2.24) is 15.4 Å². The summed E-state index contributed by atoms with van der Waals surface area (Å²) in [6, 6.07) is 12.4. The van der Waals surface area contributed by atoms with Crippen molar-refractivity contribution in [3.8, 4) is 21.8 Å². The fraction of sp³-hybridized carbons (Fsp3) is 0.0769. The van der Waals surface area contributed by atoms with Gasteiger partial charge in [0.1, 0.15) is 11.4 Å². The van der Waals surface area contributed by atoms with E-state index in [4.69, 9.17) is 0 Å². The van der Waals surface area contributed by atoms with Gasteiger partial charge in [0.05, 0.1) is 4.88 Å². The molecule has 0 fully saturated rings. The third-order valence-electron chi connectivity index (χ3n) is 2.63. The summed E-state index contributed by atoms with van der Waals surface area (Å²) in [7, 11) is 0. The van der Waals surface area contributed by atoms with Gasteiger partial charge in [-0.3, -0.25) is 0 Å². The van der Waals surface area contributed by atoms with Gasteiger partial charge in [-0.2, -0.15) is 15.4 Å². The number of thiophene rings is 1. The monoisotopic (exact) mass is 241 g/mol. The predicted octanol–water partition coefficient (Wildman–Crippen LogP) is 3.51. The second kappa shape index (κ2) is 4.14. The summed E-state index contributed by atoms with van der Waals surface area (Å²) >= 11 is 1.67. The molecule has 0 saturated carbocycles. The van der Waals surface area contributed by atoms with Crippen LogP contribution in [0.3, 0.4) is 0 Å². The maximum absolute atomic E-state index is 4.24. The van der Waals surface area contributed by atoms with Crippen LogP contribution in [0.5, 0.6) is 0 Å². The number of aromatic nitrogens is 3. The third kappa shape index (κ3) is 1.87. The van der Waals surface area contributed by atoms with Crippen LogP contribution >= 0.6 is 11.3 Å². The molecule has 0 aliphatic heterocycles. The Hall–Kier alpha value is -1.94. The van der Waals surface area contributed by atoms with Crippen molar-refractivity contribution in [2.45, 2.75) is 6.92 Å². The van der Waals surface area contributed by atoms with E-state index in [1.807, 2.05) is 11.4 Å². The summed E-state index contributed by atoms with van der Waals surface area (Å²) in [6.07, 6.45) is 0. The number of aryl methyl sites for hydroxylation is 1. The Balaban J connectivity index is 2.10. The summed E-state index contributed by atoms with van der Waals surface area (Å²) < 4.78 is 0. The molecular formula is C13H11N3S. The zero-order valence-corrected chi connectivity index (χ0v) is 10.2. The Kier molecular flexibility index (Phi) is 2.49. The van der Waals surface area contributed by atoms with E-state index in [-0.39, 0.29) is 0 Å². The lowest BCUT2D eigenvalue weighted by atomic mass is 10.1. The van der Waals surface area contributed by atoms with Crippen LogP contribution in [0.15, 0.2) is 41.8 Å². The number of H-pyrrole nitrogens is 1. The van der Waals surface area contributed by atoms with Gasteiger partial charge < -0.3 is 0 Å². The molecule has 1 aromatic carbocycles. The summed E-state index contributed by atoms with van der Waals surface area (Å²) in [6.45, 7) is 2.08. The van der Waals surface area contributed by atoms with Gasteiger partial charge in [0.2, 0.25) is 0 Å². The number of benzene rings is 1. The maximum Gasteiger partial charge on any atom is 0.130 e. The molecule has 0 spiro atoms. The largest absolute Gasteiger partial charge is 0.197 e. The molecule has 2 aromatic heterocycles. The van der Waals surface area contributed by atoms with Gasteiger partial charge in [-0.05, 0) is 18.4 Å². The minimum absolute atomic E-state index is 0.910. The van der Waals surface area contributed by atoms with Gasteiger partial charge in [0.25, 0.3) is 0 Å². The Morgan fingerprint density at radius 3 is 2.47 bits per heavy atom. The molecule has 2 heterocycles. The van der Waals surface area contributed by atoms with E-state index in [2.05, 4.69) is 52.7 Å². The molecule has 0 radical (unpaired) electrons. The Morgan fingerprint density at radius 1 is 1.00 bits per heavy atom. The quantitative estimate of drug-likeness (QED) is 0.746. The first-order chi connectivity index (χ1) is 8.34. The minimum atomic E-state index is 0.910. The van der Waals surface area contributed by atoms with Crippen molar-refractivity contribution in [2.75, 3.05) is 0 Å². The van der Waals surface area contributed by atoms with Crippen LogP contribution < -0.4 is 0 Å². The van der Waals surface area contributed by atoms with Crippen LogP contribution in [0.2, 0.25) is 0 Å². The molecule has 0 atom stereocenters. The van der Waals surface area contributed by atoms with Crippen molar-refractivity contribution in [1.29, 1.82) is 0 Å². The number of hydrogen-bond acceptors (Lipinski definition) is 3. The Bertz CT molecular complexity index is 608. The summed E-state index contributed by atoms with van der Waals surface area (Å²) in [5.41, 5.74) is 4.17. The highest BCUT2D eigenvalue weighted by molar-refractivity contribution is 7.13. The number of hydrogen-bond donors (Lipinski definition) is 1. The van der Waals surface area contributed by atoms with Crippen LogP contribution in [-0.2, 0) is 0 Å². The molecule has 0 aliphatic rings. The fourth-order valence-electron chi connectivity index (χ4n) is 1.73. The zero-order chi connectivity index (χ0) is 11.7. The molecule has 0 amide bonds. The molecule has 0 aliphatic carbocycles. The van der Waals surface area contributed by atoms with Crippen LogP contribution in [-0.4, -0.2) is 15.4 Å². The summed E-state index contributed by atoms with van der Waals surface area (Å²) in [4.78, 5) is 1.13. The highest BCUT2D eigenvalue weighted by atomic mass is 32.1.